The van der Waals surface area contributed by atoms with Gasteiger partial charge in [0, 0.05) is 5.56 Å². The van der Waals surface area contributed by atoms with E-state index in [1.165, 1.54) is 0 Å². The lowest BCUT2D eigenvalue weighted by Crippen LogP contribution is -2.22. The summed E-state index contributed by atoms with van der Waals surface area (Å²) >= 11 is 5.72. The Bertz CT molecular complexity index is 429. The zero-order valence-corrected chi connectivity index (χ0v) is 10.1. The van der Waals surface area contributed by atoms with Gasteiger partial charge in [-0.3, -0.25) is 4.79 Å². The predicted molar refractivity (Wildman–Crippen MR) is 59.3 cm³/mol. The third-order valence-corrected chi connectivity index (χ3v) is 2.38. The van der Waals surface area contributed by atoms with Crippen LogP contribution in [0.25, 0.3) is 0 Å². The van der Waals surface area contributed by atoms with Gasteiger partial charge in [0.05, 0.1) is 17.1 Å². The number of benzene rings is 1. The van der Waals surface area contributed by atoms with Crippen LogP contribution in [-0.2, 0) is 6.18 Å². The van der Waals surface area contributed by atoms with E-state index >= 15 is 0 Å². The maximum absolute atomic E-state index is 12.5. The number of halogens is 4. The molecule has 1 aromatic carbocycles. The molecule has 0 aliphatic rings. The van der Waals surface area contributed by atoms with Crippen molar-refractivity contribution in [2.24, 2.45) is 0 Å². The van der Waals surface area contributed by atoms with Crippen molar-refractivity contribution >= 4 is 17.4 Å². The van der Waals surface area contributed by atoms with Crippen molar-refractivity contribution < 1.29 is 18.0 Å². The minimum absolute atomic E-state index is 0.0149. The molecule has 0 radical (unpaired) electrons. The summed E-state index contributed by atoms with van der Waals surface area (Å²) in [4.78, 5) is 13.2. The van der Waals surface area contributed by atoms with Crippen LogP contribution in [0, 0.1) is 0 Å². The molecular formula is C11H11ClF3NO. The second-order valence-corrected chi connectivity index (χ2v) is 4.26. The monoisotopic (exact) mass is 265 g/mol. The lowest BCUT2D eigenvalue weighted by Gasteiger charge is -2.12. The third kappa shape index (κ3) is 3.71. The molecular weight excluding hydrogens is 255 g/mol. The number of nitrogens with zero attached hydrogens (tertiary/aromatic N) is 1. The van der Waals surface area contributed by atoms with Crippen molar-refractivity contribution in [3.05, 3.63) is 34.3 Å². The van der Waals surface area contributed by atoms with E-state index in [2.05, 4.69) is 0 Å². The van der Waals surface area contributed by atoms with Gasteiger partial charge in [-0.1, -0.05) is 11.6 Å². The number of alkyl halides is 3. The number of rotatable bonds is 3. The van der Waals surface area contributed by atoms with Crippen LogP contribution in [0.4, 0.5) is 13.2 Å². The molecule has 0 spiro atoms. The molecule has 0 aliphatic carbocycles. The number of hydrogen-bond acceptors (Lipinski definition) is 2. The SMILES string of the molecule is CN(C)CC(=O)c1cc(C(F)(F)F)ccc1Cl. The first-order chi connectivity index (χ1) is 7.71. The first kappa shape index (κ1) is 14.0. The fraction of sp³-hybridized carbons (Fsp3) is 0.364. The van der Waals surface area contributed by atoms with E-state index in [9.17, 15) is 18.0 Å². The Balaban J connectivity index is 3.11. The largest absolute Gasteiger partial charge is 0.416 e. The Morgan fingerprint density at radius 1 is 1.35 bits per heavy atom. The molecule has 0 heterocycles. The first-order valence-electron chi connectivity index (χ1n) is 4.76. The van der Waals surface area contributed by atoms with Crippen LogP contribution in [0.5, 0.6) is 0 Å². The van der Waals surface area contributed by atoms with Crippen molar-refractivity contribution in [2.75, 3.05) is 20.6 Å². The van der Waals surface area contributed by atoms with Gasteiger partial charge in [-0.15, -0.1) is 0 Å². The smallest absolute Gasteiger partial charge is 0.302 e. The van der Waals surface area contributed by atoms with E-state index in [1.54, 1.807) is 19.0 Å². The van der Waals surface area contributed by atoms with Crippen LogP contribution < -0.4 is 0 Å². The third-order valence-electron chi connectivity index (χ3n) is 2.05. The van der Waals surface area contributed by atoms with Crippen molar-refractivity contribution in [1.82, 2.24) is 4.90 Å². The van der Waals surface area contributed by atoms with E-state index in [-0.39, 0.29) is 17.1 Å². The lowest BCUT2D eigenvalue weighted by molar-refractivity contribution is -0.137. The first-order valence-corrected chi connectivity index (χ1v) is 5.14. The number of ketones is 1. The van der Waals surface area contributed by atoms with Gasteiger partial charge < -0.3 is 4.90 Å². The predicted octanol–water partition coefficient (Wildman–Crippen LogP) is 3.10. The molecule has 0 saturated heterocycles. The Hall–Kier alpha value is -1.07. The molecule has 0 amide bonds. The number of Topliss-reactive ketones (excluding diaryl/α,β-unsaturated/α-hetero) is 1. The van der Waals surface area contributed by atoms with Crippen molar-refractivity contribution in [2.45, 2.75) is 6.18 Å². The van der Waals surface area contributed by atoms with Gasteiger partial charge in [-0.25, -0.2) is 0 Å². The quantitative estimate of drug-likeness (QED) is 0.783. The molecule has 1 aromatic rings. The van der Waals surface area contributed by atoms with Crippen LogP contribution in [-0.4, -0.2) is 31.3 Å². The number of hydrogen-bond donors (Lipinski definition) is 0. The Morgan fingerprint density at radius 3 is 2.41 bits per heavy atom. The Kier molecular flexibility index (Phi) is 4.16. The van der Waals surface area contributed by atoms with E-state index in [0.717, 1.165) is 18.2 Å². The van der Waals surface area contributed by atoms with E-state index < -0.39 is 17.5 Å². The summed E-state index contributed by atoms with van der Waals surface area (Å²) < 4.78 is 37.4. The number of carbonyl (C=O) groups excluding carboxylic acids is 1. The standard InChI is InChI=1S/C11H11ClF3NO/c1-16(2)6-10(17)8-5-7(11(13,14)15)3-4-9(8)12/h3-5H,6H2,1-2H3. The number of likely N-dealkylation sites (N-methyl/N-ethyl adjacent to an activating group) is 1. The second-order valence-electron chi connectivity index (χ2n) is 3.85. The molecule has 17 heavy (non-hydrogen) atoms. The molecule has 2 nitrogen and oxygen atoms in total. The Morgan fingerprint density at radius 2 is 1.94 bits per heavy atom. The summed E-state index contributed by atoms with van der Waals surface area (Å²) in [6.07, 6.45) is -4.47. The zero-order valence-electron chi connectivity index (χ0n) is 9.31. The highest BCUT2D eigenvalue weighted by Gasteiger charge is 2.31. The Labute approximate surface area is 102 Å². The molecule has 0 fully saturated rings. The molecule has 0 bridgehead atoms. The summed E-state index contributed by atoms with van der Waals surface area (Å²) in [5, 5.41) is 0.0323. The minimum atomic E-state index is -4.47. The highest BCUT2D eigenvalue weighted by molar-refractivity contribution is 6.34. The van der Waals surface area contributed by atoms with Gasteiger partial charge in [0.25, 0.3) is 0 Å². The minimum Gasteiger partial charge on any atom is -0.302 e. The molecule has 94 valence electrons. The van der Waals surface area contributed by atoms with E-state index in [4.69, 9.17) is 11.6 Å². The van der Waals surface area contributed by atoms with Crippen LogP contribution in [0.1, 0.15) is 15.9 Å². The van der Waals surface area contributed by atoms with Gasteiger partial charge in [0.2, 0.25) is 0 Å². The summed E-state index contributed by atoms with van der Waals surface area (Å²) in [6.45, 7) is 0.0149. The van der Waals surface area contributed by atoms with Crippen LogP contribution in [0.3, 0.4) is 0 Å². The molecule has 6 heteroatoms. The van der Waals surface area contributed by atoms with Crippen LogP contribution >= 0.6 is 11.6 Å². The average molecular weight is 266 g/mol. The topological polar surface area (TPSA) is 20.3 Å². The molecule has 0 N–H and O–H groups in total. The van der Waals surface area contributed by atoms with Crippen molar-refractivity contribution in [1.29, 1.82) is 0 Å². The average Bonchev–Trinajstić information content (AvgIpc) is 2.15. The molecule has 0 aromatic heterocycles. The highest BCUT2D eigenvalue weighted by Crippen LogP contribution is 2.31. The van der Waals surface area contributed by atoms with Gasteiger partial charge in [0.15, 0.2) is 5.78 Å². The molecule has 0 saturated carbocycles. The maximum Gasteiger partial charge on any atom is 0.416 e. The van der Waals surface area contributed by atoms with Gasteiger partial charge in [0.1, 0.15) is 0 Å². The van der Waals surface area contributed by atoms with Crippen molar-refractivity contribution in [3.63, 3.8) is 0 Å². The number of carbonyl (C=O) groups is 1. The fourth-order valence-electron chi connectivity index (χ4n) is 1.29. The normalized spacial score (nSPS) is 11.9. The van der Waals surface area contributed by atoms with Gasteiger partial charge in [-0.2, -0.15) is 13.2 Å². The summed E-state index contributed by atoms with van der Waals surface area (Å²) in [7, 11) is 3.30. The van der Waals surface area contributed by atoms with Gasteiger partial charge >= 0.3 is 6.18 Å². The second kappa shape index (κ2) is 5.06. The highest BCUT2D eigenvalue weighted by atomic mass is 35.5. The molecule has 0 unspecified atom stereocenters. The van der Waals surface area contributed by atoms with E-state index in [0.29, 0.717) is 0 Å². The van der Waals surface area contributed by atoms with Crippen molar-refractivity contribution in [3.8, 4) is 0 Å². The maximum atomic E-state index is 12.5. The summed E-state index contributed by atoms with van der Waals surface area (Å²) in [5.74, 6) is -0.439. The summed E-state index contributed by atoms with van der Waals surface area (Å²) in [5.41, 5.74) is -0.973. The lowest BCUT2D eigenvalue weighted by atomic mass is 10.1. The zero-order chi connectivity index (χ0) is 13.2. The molecule has 0 aliphatic heterocycles. The van der Waals surface area contributed by atoms with E-state index in [1.807, 2.05) is 0 Å². The molecule has 0 atom stereocenters. The fourth-order valence-corrected chi connectivity index (χ4v) is 1.51. The van der Waals surface area contributed by atoms with Crippen LogP contribution in [0.2, 0.25) is 5.02 Å². The van der Waals surface area contributed by atoms with Gasteiger partial charge in [-0.05, 0) is 32.3 Å². The van der Waals surface area contributed by atoms with Crippen LogP contribution in [0.15, 0.2) is 18.2 Å². The summed E-state index contributed by atoms with van der Waals surface area (Å²) in [6, 6.07) is 2.73. The molecule has 1 rings (SSSR count).